The van der Waals surface area contributed by atoms with Crippen LogP contribution in [0.25, 0.3) is 6.08 Å². The van der Waals surface area contributed by atoms with Crippen molar-refractivity contribution in [2.75, 3.05) is 5.32 Å². The first kappa shape index (κ1) is 12.1. The molecule has 0 aliphatic rings. The van der Waals surface area contributed by atoms with Crippen LogP contribution in [0.15, 0.2) is 67.4 Å². The van der Waals surface area contributed by atoms with Gasteiger partial charge in [-0.05, 0) is 36.8 Å². The lowest BCUT2D eigenvalue weighted by Gasteiger charge is -2.08. The lowest BCUT2D eigenvalue weighted by Crippen LogP contribution is -1.96. The van der Waals surface area contributed by atoms with Crippen LogP contribution >= 0.6 is 0 Å². The average molecular weight is 211 g/mol. The summed E-state index contributed by atoms with van der Waals surface area (Å²) in [4.78, 5) is 0. The van der Waals surface area contributed by atoms with Gasteiger partial charge in [0.15, 0.2) is 0 Å². The number of hydrogen-bond acceptors (Lipinski definition) is 1. The maximum absolute atomic E-state index is 3.84. The highest BCUT2D eigenvalue weighted by Crippen LogP contribution is 2.14. The highest BCUT2D eigenvalue weighted by atomic mass is 14.9. The fourth-order valence-electron chi connectivity index (χ4n) is 1.32. The third-order valence-corrected chi connectivity index (χ3v) is 2.03. The molecule has 82 valence electrons. The quantitative estimate of drug-likeness (QED) is 0.712. The zero-order chi connectivity index (χ0) is 12.0. The zero-order valence-electron chi connectivity index (χ0n) is 9.66. The molecule has 0 heterocycles. The molecule has 0 amide bonds. The lowest BCUT2D eigenvalue weighted by atomic mass is 10.2. The second kappa shape index (κ2) is 5.76. The molecule has 16 heavy (non-hydrogen) atoms. The fraction of sp³-hybridized carbons (Fsp3) is 0.0667. The van der Waals surface area contributed by atoms with Gasteiger partial charge in [-0.25, -0.2) is 0 Å². The van der Waals surface area contributed by atoms with Gasteiger partial charge >= 0.3 is 0 Å². The van der Waals surface area contributed by atoms with Gasteiger partial charge in [-0.1, -0.05) is 43.5 Å². The first-order chi connectivity index (χ1) is 7.65. The number of nitrogens with one attached hydrogen (secondary N) is 1. The van der Waals surface area contributed by atoms with E-state index in [9.17, 15) is 0 Å². The van der Waals surface area contributed by atoms with Gasteiger partial charge in [-0.15, -0.1) is 0 Å². The van der Waals surface area contributed by atoms with Gasteiger partial charge in [0, 0.05) is 11.4 Å². The molecule has 1 nitrogen and oxygen atoms in total. The van der Waals surface area contributed by atoms with E-state index < -0.39 is 0 Å². The van der Waals surface area contributed by atoms with Crippen LogP contribution < -0.4 is 5.32 Å². The van der Waals surface area contributed by atoms with Crippen molar-refractivity contribution in [1.82, 2.24) is 0 Å². The Balaban J connectivity index is 2.89. The molecule has 0 bridgehead atoms. The summed E-state index contributed by atoms with van der Waals surface area (Å²) in [6.07, 6.45) is 5.55. The molecule has 1 heteroatoms. The monoisotopic (exact) mass is 211 g/mol. The van der Waals surface area contributed by atoms with Gasteiger partial charge in [0.2, 0.25) is 0 Å². The van der Waals surface area contributed by atoms with Gasteiger partial charge in [-0.3, -0.25) is 0 Å². The summed E-state index contributed by atoms with van der Waals surface area (Å²) in [6, 6.07) is 8.03. The SMILES string of the molecule is C=C/C(=C\C(=C)C)Nc1cccc(C=C)c1. The Morgan fingerprint density at radius 3 is 2.62 bits per heavy atom. The molecule has 1 N–H and O–H groups in total. The Labute approximate surface area is 97.5 Å². The van der Waals surface area contributed by atoms with Crippen molar-refractivity contribution in [3.05, 3.63) is 73.0 Å². The van der Waals surface area contributed by atoms with Crippen molar-refractivity contribution in [2.24, 2.45) is 0 Å². The molecule has 1 aromatic carbocycles. The summed E-state index contributed by atoms with van der Waals surface area (Å²) < 4.78 is 0. The first-order valence-electron chi connectivity index (χ1n) is 5.15. The fourth-order valence-corrected chi connectivity index (χ4v) is 1.32. The maximum atomic E-state index is 3.84. The van der Waals surface area contributed by atoms with Crippen LogP contribution in [0, 0.1) is 0 Å². The van der Waals surface area contributed by atoms with Crippen molar-refractivity contribution in [1.29, 1.82) is 0 Å². The Kier molecular flexibility index (Phi) is 4.34. The standard InChI is InChI=1S/C15H17N/c1-5-13-8-7-9-15(11-13)16-14(6-2)10-12(3)4/h5-11,16H,1-3H2,4H3/b14-10+. The molecular formula is C15H17N. The smallest absolute Gasteiger partial charge is 0.0390 e. The van der Waals surface area contributed by atoms with E-state index in [1.54, 1.807) is 6.08 Å². The van der Waals surface area contributed by atoms with E-state index in [1.165, 1.54) is 0 Å². The van der Waals surface area contributed by atoms with Gasteiger partial charge in [0.1, 0.15) is 0 Å². The van der Waals surface area contributed by atoms with Gasteiger partial charge in [0.25, 0.3) is 0 Å². The summed E-state index contributed by atoms with van der Waals surface area (Å²) in [5.74, 6) is 0. The molecule has 0 aliphatic carbocycles. The predicted molar refractivity (Wildman–Crippen MR) is 73.2 cm³/mol. The molecule has 0 saturated carbocycles. The Bertz CT molecular complexity index is 439. The van der Waals surface area contributed by atoms with E-state index in [0.29, 0.717) is 0 Å². The molecule has 1 rings (SSSR count). The predicted octanol–water partition coefficient (Wildman–Crippen LogP) is 4.39. The Morgan fingerprint density at radius 2 is 2.06 bits per heavy atom. The molecule has 0 unspecified atom stereocenters. The number of anilines is 1. The van der Waals surface area contributed by atoms with E-state index in [2.05, 4.69) is 25.1 Å². The van der Waals surface area contributed by atoms with E-state index in [-0.39, 0.29) is 0 Å². The lowest BCUT2D eigenvalue weighted by molar-refractivity contribution is 1.43. The Hall–Kier alpha value is -2.02. The van der Waals surface area contributed by atoms with Crippen molar-refractivity contribution < 1.29 is 0 Å². The van der Waals surface area contributed by atoms with Gasteiger partial charge in [0.05, 0.1) is 0 Å². The molecule has 0 aromatic heterocycles. The average Bonchev–Trinajstić information content (AvgIpc) is 2.28. The Morgan fingerprint density at radius 1 is 1.31 bits per heavy atom. The molecule has 0 aliphatic heterocycles. The minimum Gasteiger partial charge on any atom is -0.356 e. The van der Waals surface area contributed by atoms with Crippen LogP contribution in [0.4, 0.5) is 5.69 Å². The van der Waals surface area contributed by atoms with Crippen LogP contribution in [0.5, 0.6) is 0 Å². The summed E-state index contributed by atoms with van der Waals surface area (Å²) >= 11 is 0. The second-order valence-corrected chi connectivity index (χ2v) is 3.60. The highest BCUT2D eigenvalue weighted by Gasteiger charge is 1.95. The van der Waals surface area contributed by atoms with Crippen LogP contribution in [-0.4, -0.2) is 0 Å². The topological polar surface area (TPSA) is 12.0 Å². The van der Waals surface area contributed by atoms with Crippen LogP contribution in [0.3, 0.4) is 0 Å². The number of hydrogen-bond donors (Lipinski definition) is 1. The van der Waals surface area contributed by atoms with Crippen molar-refractivity contribution in [3.8, 4) is 0 Å². The molecule has 0 spiro atoms. The largest absolute Gasteiger partial charge is 0.356 e. The molecule has 0 radical (unpaired) electrons. The van der Waals surface area contributed by atoms with E-state index in [4.69, 9.17) is 0 Å². The summed E-state index contributed by atoms with van der Waals surface area (Å²) in [6.45, 7) is 13.3. The molecular weight excluding hydrogens is 194 g/mol. The second-order valence-electron chi connectivity index (χ2n) is 3.60. The van der Waals surface area contributed by atoms with Crippen molar-refractivity contribution in [2.45, 2.75) is 6.92 Å². The minimum atomic E-state index is 0.939. The van der Waals surface area contributed by atoms with Gasteiger partial charge < -0.3 is 5.32 Å². The molecule has 0 saturated heterocycles. The summed E-state index contributed by atoms with van der Waals surface area (Å²) in [5, 5.41) is 3.27. The minimum absolute atomic E-state index is 0.939. The zero-order valence-corrected chi connectivity index (χ0v) is 9.66. The normalized spacial score (nSPS) is 10.7. The summed E-state index contributed by atoms with van der Waals surface area (Å²) in [5.41, 5.74) is 4.03. The van der Waals surface area contributed by atoms with E-state index >= 15 is 0 Å². The van der Waals surface area contributed by atoms with Crippen molar-refractivity contribution in [3.63, 3.8) is 0 Å². The van der Waals surface area contributed by atoms with E-state index in [1.807, 2.05) is 43.3 Å². The molecule has 1 aromatic rings. The van der Waals surface area contributed by atoms with Crippen molar-refractivity contribution >= 4 is 11.8 Å². The third-order valence-electron chi connectivity index (χ3n) is 2.03. The number of allylic oxidation sites excluding steroid dienone is 3. The molecule has 0 fully saturated rings. The highest BCUT2D eigenvalue weighted by molar-refractivity contribution is 5.59. The van der Waals surface area contributed by atoms with E-state index in [0.717, 1.165) is 22.5 Å². The maximum Gasteiger partial charge on any atom is 0.0390 e. The third kappa shape index (κ3) is 3.62. The summed E-state index contributed by atoms with van der Waals surface area (Å²) in [7, 11) is 0. The number of rotatable bonds is 5. The van der Waals surface area contributed by atoms with Crippen LogP contribution in [0.1, 0.15) is 12.5 Å². The first-order valence-corrected chi connectivity index (χ1v) is 5.15. The van der Waals surface area contributed by atoms with Crippen LogP contribution in [-0.2, 0) is 0 Å². The van der Waals surface area contributed by atoms with Crippen LogP contribution in [0.2, 0.25) is 0 Å². The molecule has 0 atom stereocenters. The number of benzene rings is 1. The van der Waals surface area contributed by atoms with Gasteiger partial charge in [-0.2, -0.15) is 0 Å².